The van der Waals surface area contributed by atoms with Gasteiger partial charge in [-0.2, -0.15) is 0 Å². The zero-order chi connectivity index (χ0) is 23.0. The second kappa shape index (κ2) is 9.12. The number of carbonyl (C=O) groups is 2. The second-order valence-corrected chi connectivity index (χ2v) is 11.0. The highest BCUT2D eigenvalue weighted by Crippen LogP contribution is 2.48. The topological polar surface area (TPSA) is 65.0 Å². The standard InChI is InChI=1S/C26H32BrNO4/c1-15-22(25(30)32-17-8-6-5-7-9-17)23(16-10-11-21(31-4)18(27)12-16)24-19(28-15)13-26(2,3)14-20(24)29/h10-12,17,22-23H,5-9,13-14H2,1-4H3/t22?,23-/m1/s1. The first-order valence-electron chi connectivity index (χ1n) is 11.6. The minimum absolute atomic E-state index is 0.0383. The number of allylic oxidation sites excluding steroid dienone is 2. The Morgan fingerprint density at radius 2 is 1.88 bits per heavy atom. The molecule has 0 amide bonds. The quantitative estimate of drug-likeness (QED) is 0.464. The molecule has 6 heteroatoms. The fourth-order valence-electron chi connectivity index (χ4n) is 5.41. The molecule has 0 N–H and O–H groups in total. The monoisotopic (exact) mass is 501 g/mol. The van der Waals surface area contributed by atoms with Gasteiger partial charge in [0.05, 0.1) is 11.6 Å². The molecule has 0 spiro atoms. The summed E-state index contributed by atoms with van der Waals surface area (Å²) in [5.41, 5.74) is 2.99. The lowest BCUT2D eigenvalue weighted by atomic mass is 9.67. The van der Waals surface area contributed by atoms with Crippen LogP contribution >= 0.6 is 15.9 Å². The lowest BCUT2D eigenvalue weighted by Crippen LogP contribution is -2.40. The second-order valence-electron chi connectivity index (χ2n) is 10.1. The molecule has 3 aliphatic rings. The number of methoxy groups -OCH3 is 1. The third-order valence-corrected chi connectivity index (χ3v) is 7.55. The number of benzene rings is 1. The van der Waals surface area contributed by atoms with Crippen LogP contribution in [0, 0.1) is 11.3 Å². The van der Waals surface area contributed by atoms with Crippen molar-refractivity contribution in [1.82, 2.24) is 0 Å². The van der Waals surface area contributed by atoms with E-state index in [9.17, 15) is 9.59 Å². The molecule has 1 aromatic carbocycles. The smallest absolute Gasteiger partial charge is 0.315 e. The van der Waals surface area contributed by atoms with E-state index in [4.69, 9.17) is 14.5 Å². The molecule has 0 radical (unpaired) electrons. The maximum atomic E-state index is 13.5. The molecule has 5 nitrogen and oxygen atoms in total. The van der Waals surface area contributed by atoms with Gasteiger partial charge in [-0.3, -0.25) is 14.6 Å². The highest BCUT2D eigenvalue weighted by atomic mass is 79.9. The number of nitrogens with zero attached hydrogens (tertiary/aromatic N) is 1. The van der Waals surface area contributed by atoms with Crippen molar-refractivity contribution < 1.29 is 19.1 Å². The van der Waals surface area contributed by atoms with E-state index in [1.165, 1.54) is 6.42 Å². The van der Waals surface area contributed by atoms with Crippen molar-refractivity contribution >= 4 is 33.4 Å². The van der Waals surface area contributed by atoms with Gasteiger partial charge in [-0.1, -0.05) is 26.3 Å². The van der Waals surface area contributed by atoms with Crippen molar-refractivity contribution in [3.8, 4) is 5.75 Å². The Bertz CT molecular complexity index is 988. The summed E-state index contributed by atoms with van der Waals surface area (Å²) in [7, 11) is 1.62. The molecular weight excluding hydrogens is 470 g/mol. The SMILES string of the molecule is COc1ccc([C@H]2C3=C(CC(C)(C)CC3=O)N=C(C)C2C(=O)OC2CCCCC2)cc1Br. The lowest BCUT2D eigenvalue weighted by molar-refractivity contribution is -0.153. The molecule has 0 aromatic heterocycles. The first-order valence-corrected chi connectivity index (χ1v) is 12.3. The highest BCUT2D eigenvalue weighted by molar-refractivity contribution is 9.10. The molecule has 0 saturated heterocycles. The van der Waals surface area contributed by atoms with Gasteiger partial charge in [-0.15, -0.1) is 0 Å². The Morgan fingerprint density at radius 1 is 1.16 bits per heavy atom. The molecule has 1 aromatic rings. The minimum Gasteiger partial charge on any atom is -0.496 e. The molecule has 1 heterocycles. The molecule has 1 saturated carbocycles. The predicted molar refractivity (Wildman–Crippen MR) is 128 cm³/mol. The number of ether oxygens (including phenoxy) is 2. The Kier molecular flexibility index (Phi) is 6.62. The summed E-state index contributed by atoms with van der Waals surface area (Å²) in [4.78, 5) is 31.7. The zero-order valence-corrected chi connectivity index (χ0v) is 21.0. The average Bonchev–Trinajstić information content (AvgIpc) is 2.72. The van der Waals surface area contributed by atoms with Gasteiger partial charge in [-0.05, 0) is 78.1 Å². The summed E-state index contributed by atoms with van der Waals surface area (Å²) in [6.45, 7) is 6.10. The van der Waals surface area contributed by atoms with E-state index in [1.807, 2.05) is 25.1 Å². The van der Waals surface area contributed by atoms with Gasteiger partial charge < -0.3 is 9.47 Å². The highest BCUT2D eigenvalue weighted by Gasteiger charge is 2.46. The Hall–Kier alpha value is -1.95. The molecule has 4 rings (SSSR count). The van der Waals surface area contributed by atoms with Crippen molar-refractivity contribution in [2.45, 2.75) is 77.7 Å². The number of hydrogen-bond acceptors (Lipinski definition) is 5. The molecule has 1 unspecified atom stereocenters. The maximum Gasteiger partial charge on any atom is 0.315 e. The minimum atomic E-state index is -0.596. The van der Waals surface area contributed by atoms with E-state index in [0.717, 1.165) is 53.5 Å². The molecule has 172 valence electrons. The Balaban J connectivity index is 1.77. The van der Waals surface area contributed by atoms with Gasteiger partial charge in [0.1, 0.15) is 17.8 Å². The average molecular weight is 502 g/mol. The number of hydrogen-bond donors (Lipinski definition) is 0. The summed E-state index contributed by atoms with van der Waals surface area (Å²) < 4.78 is 12.2. The van der Waals surface area contributed by atoms with Gasteiger partial charge in [0, 0.05) is 29.3 Å². The third-order valence-electron chi connectivity index (χ3n) is 6.93. The summed E-state index contributed by atoms with van der Waals surface area (Å²) in [5, 5.41) is 0. The van der Waals surface area contributed by atoms with E-state index in [1.54, 1.807) is 7.11 Å². The van der Waals surface area contributed by atoms with Gasteiger partial charge in [0.25, 0.3) is 0 Å². The van der Waals surface area contributed by atoms with Crippen LogP contribution < -0.4 is 4.74 Å². The van der Waals surface area contributed by atoms with E-state index >= 15 is 0 Å². The Labute approximate surface area is 198 Å². The molecule has 2 atom stereocenters. The molecule has 0 bridgehead atoms. The first kappa shape index (κ1) is 23.2. The summed E-state index contributed by atoms with van der Waals surface area (Å²) in [5.74, 6) is -0.466. The largest absolute Gasteiger partial charge is 0.496 e. The zero-order valence-electron chi connectivity index (χ0n) is 19.4. The van der Waals surface area contributed by atoms with Crippen LogP contribution in [0.5, 0.6) is 5.75 Å². The van der Waals surface area contributed by atoms with Crippen molar-refractivity contribution in [2.24, 2.45) is 16.3 Å². The number of ketones is 1. The molecule has 1 fully saturated rings. The number of halogens is 1. The van der Waals surface area contributed by atoms with Gasteiger partial charge in [0.2, 0.25) is 0 Å². The number of esters is 1. The fourth-order valence-corrected chi connectivity index (χ4v) is 5.97. The van der Waals surface area contributed by atoms with Crippen molar-refractivity contribution in [3.05, 3.63) is 39.5 Å². The van der Waals surface area contributed by atoms with Gasteiger partial charge >= 0.3 is 5.97 Å². The molecule has 1 aliphatic heterocycles. The summed E-state index contributed by atoms with van der Waals surface area (Å²) >= 11 is 3.57. The number of Topliss-reactive ketones (excluding diaryl/α,β-unsaturated/α-hetero) is 1. The normalized spacial score (nSPS) is 25.8. The molecule has 32 heavy (non-hydrogen) atoms. The van der Waals surface area contributed by atoms with Crippen LogP contribution in [0.2, 0.25) is 0 Å². The lowest BCUT2D eigenvalue weighted by Gasteiger charge is -2.39. The van der Waals surface area contributed by atoms with Crippen LogP contribution in [0.3, 0.4) is 0 Å². The van der Waals surface area contributed by atoms with E-state index in [2.05, 4.69) is 29.8 Å². The third kappa shape index (κ3) is 4.57. The fraction of sp³-hybridized carbons (Fsp3) is 0.577. The van der Waals surface area contributed by atoms with Crippen molar-refractivity contribution in [3.63, 3.8) is 0 Å². The van der Waals surface area contributed by atoms with E-state index in [0.29, 0.717) is 17.7 Å². The van der Waals surface area contributed by atoms with Crippen LogP contribution in [-0.4, -0.2) is 30.7 Å². The summed E-state index contributed by atoms with van der Waals surface area (Å²) in [6.07, 6.45) is 6.34. The first-order chi connectivity index (χ1) is 15.2. The van der Waals surface area contributed by atoms with Crippen LogP contribution in [0.1, 0.15) is 77.2 Å². The van der Waals surface area contributed by atoms with Crippen LogP contribution in [0.25, 0.3) is 0 Å². The number of carbonyl (C=O) groups excluding carboxylic acids is 2. The summed E-state index contributed by atoms with van der Waals surface area (Å²) in [6, 6.07) is 5.79. The van der Waals surface area contributed by atoms with Gasteiger partial charge in [-0.25, -0.2) is 0 Å². The van der Waals surface area contributed by atoms with Crippen LogP contribution in [0.15, 0.2) is 38.9 Å². The van der Waals surface area contributed by atoms with Gasteiger partial charge in [0.15, 0.2) is 5.78 Å². The van der Waals surface area contributed by atoms with Crippen molar-refractivity contribution in [1.29, 1.82) is 0 Å². The van der Waals surface area contributed by atoms with Crippen LogP contribution in [-0.2, 0) is 14.3 Å². The van der Waals surface area contributed by atoms with E-state index in [-0.39, 0.29) is 23.3 Å². The number of rotatable bonds is 4. The van der Waals surface area contributed by atoms with E-state index < -0.39 is 11.8 Å². The Morgan fingerprint density at radius 3 is 2.53 bits per heavy atom. The molecule has 2 aliphatic carbocycles. The predicted octanol–water partition coefficient (Wildman–Crippen LogP) is 6.15. The van der Waals surface area contributed by atoms with Crippen molar-refractivity contribution in [2.75, 3.05) is 7.11 Å². The van der Waals surface area contributed by atoms with Crippen LogP contribution in [0.4, 0.5) is 0 Å². The number of aliphatic imine (C=N–C) groups is 1. The maximum absolute atomic E-state index is 13.5. The molecular formula is C26H32BrNO4.